The fraction of sp³-hybridized carbons (Fsp3) is 0.500. The van der Waals surface area contributed by atoms with Crippen LogP contribution in [0.3, 0.4) is 0 Å². The molecule has 0 aromatic heterocycles. The van der Waals surface area contributed by atoms with Crippen LogP contribution in [0, 0.1) is 0 Å². The van der Waals surface area contributed by atoms with E-state index in [2.05, 4.69) is 0 Å². The van der Waals surface area contributed by atoms with E-state index in [1.54, 1.807) is 24.3 Å². The number of aliphatic hydroxyl groups is 5. The van der Waals surface area contributed by atoms with E-state index in [1.807, 2.05) is 6.07 Å². The molecule has 0 spiro atoms. The maximum atomic E-state index is 10.5. The summed E-state index contributed by atoms with van der Waals surface area (Å²) in [6.07, 6.45) is -4.74. The zero-order valence-corrected chi connectivity index (χ0v) is 18.7. The van der Waals surface area contributed by atoms with Crippen LogP contribution in [0.15, 0.2) is 30.3 Å². The van der Waals surface area contributed by atoms with Crippen molar-refractivity contribution in [2.45, 2.75) is 49.5 Å². The monoisotopic (exact) mass is 478 g/mol. The summed E-state index contributed by atoms with van der Waals surface area (Å²) in [5.41, 5.74) is 2.19. The smallest absolute Gasteiger partial charge is 0.229 e. The molecule has 2 aromatic carbocycles. The SMILES string of the molecule is COc1cc(C2Oc3c(O)cc(CCCO)cc3C2CO)ccc1OC1OCC(O)C(O)C1O. The topological polar surface area (TPSA) is 158 Å². The van der Waals surface area contributed by atoms with Gasteiger partial charge in [-0.25, -0.2) is 0 Å². The van der Waals surface area contributed by atoms with E-state index in [4.69, 9.17) is 24.1 Å². The number of benzene rings is 2. The number of methoxy groups -OCH3 is 1. The molecule has 1 saturated heterocycles. The van der Waals surface area contributed by atoms with Crippen molar-refractivity contribution in [3.63, 3.8) is 0 Å². The number of hydrogen-bond donors (Lipinski definition) is 6. The molecular formula is C24H30O10. The quantitative estimate of drug-likeness (QED) is 0.313. The van der Waals surface area contributed by atoms with E-state index in [0.717, 1.165) is 5.56 Å². The van der Waals surface area contributed by atoms with Gasteiger partial charge in [-0.1, -0.05) is 12.1 Å². The van der Waals surface area contributed by atoms with Gasteiger partial charge in [0.1, 0.15) is 24.4 Å². The Morgan fingerprint density at radius 1 is 1.03 bits per heavy atom. The zero-order chi connectivity index (χ0) is 24.4. The summed E-state index contributed by atoms with van der Waals surface area (Å²) in [6.45, 7) is -0.375. The van der Waals surface area contributed by atoms with Crippen LogP contribution in [0.5, 0.6) is 23.0 Å². The summed E-state index contributed by atoms with van der Waals surface area (Å²) >= 11 is 0. The van der Waals surface area contributed by atoms with Crippen LogP contribution in [-0.2, 0) is 11.2 Å². The van der Waals surface area contributed by atoms with Gasteiger partial charge < -0.3 is 49.6 Å². The average molecular weight is 478 g/mol. The lowest BCUT2D eigenvalue weighted by Crippen LogP contribution is -2.54. The van der Waals surface area contributed by atoms with Crippen LogP contribution < -0.4 is 14.2 Å². The molecule has 2 aliphatic rings. The Balaban J connectivity index is 1.57. The summed E-state index contributed by atoms with van der Waals surface area (Å²) in [7, 11) is 1.44. The van der Waals surface area contributed by atoms with Crippen molar-refractivity contribution in [3.05, 3.63) is 47.0 Å². The third-order valence-electron chi connectivity index (χ3n) is 6.20. The molecule has 2 heterocycles. The summed E-state index contributed by atoms with van der Waals surface area (Å²) in [6, 6.07) is 8.44. The second kappa shape index (κ2) is 10.3. The Kier molecular flexibility index (Phi) is 7.46. The van der Waals surface area contributed by atoms with Crippen molar-refractivity contribution in [1.29, 1.82) is 0 Å². The molecule has 4 rings (SSSR count). The molecule has 10 nitrogen and oxygen atoms in total. The van der Waals surface area contributed by atoms with Gasteiger partial charge in [0.2, 0.25) is 6.29 Å². The third-order valence-corrected chi connectivity index (χ3v) is 6.20. The molecule has 1 fully saturated rings. The van der Waals surface area contributed by atoms with Gasteiger partial charge in [0.25, 0.3) is 0 Å². The first-order valence-electron chi connectivity index (χ1n) is 11.1. The van der Waals surface area contributed by atoms with Crippen molar-refractivity contribution < 1.29 is 49.6 Å². The summed E-state index contributed by atoms with van der Waals surface area (Å²) in [5.74, 6) is 0.388. The fourth-order valence-corrected chi connectivity index (χ4v) is 4.36. The van der Waals surface area contributed by atoms with Crippen molar-refractivity contribution >= 4 is 0 Å². The van der Waals surface area contributed by atoms with Crippen molar-refractivity contribution in [2.24, 2.45) is 0 Å². The van der Waals surface area contributed by atoms with Crippen molar-refractivity contribution in [2.75, 3.05) is 26.9 Å². The number of aryl methyl sites for hydroxylation is 1. The van der Waals surface area contributed by atoms with Gasteiger partial charge >= 0.3 is 0 Å². The summed E-state index contributed by atoms with van der Waals surface area (Å²) in [5, 5.41) is 59.4. The van der Waals surface area contributed by atoms with Crippen LogP contribution >= 0.6 is 0 Å². The van der Waals surface area contributed by atoms with Crippen LogP contribution in [0.4, 0.5) is 0 Å². The molecule has 2 aromatic rings. The first kappa shape index (κ1) is 24.5. The van der Waals surface area contributed by atoms with E-state index in [9.17, 15) is 25.5 Å². The molecule has 0 saturated carbocycles. The van der Waals surface area contributed by atoms with Gasteiger partial charge in [0.05, 0.1) is 26.2 Å². The van der Waals surface area contributed by atoms with E-state index in [1.165, 1.54) is 7.11 Å². The van der Waals surface area contributed by atoms with Gasteiger partial charge in [0.15, 0.2) is 23.0 Å². The number of ether oxygens (including phenoxy) is 4. The maximum Gasteiger partial charge on any atom is 0.229 e. The van der Waals surface area contributed by atoms with Crippen LogP contribution in [0.1, 0.15) is 35.1 Å². The Morgan fingerprint density at radius 3 is 2.53 bits per heavy atom. The lowest BCUT2D eigenvalue weighted by Gasteiger charge is -2.35. The molecule has 186 valence electrons. The highest BCUT2D eigenvalue weighted by Gasteiger charge is 2.40. The predicted molar refractivity (Wildman–Crippen MR) is 118 cm³/mol. The van der Waals surface area contributed by atoms with Gasteiger partial charge in [-0.3, -0.25) is 0 Å². The van der Waals surface area contributed by atoms with Crippen LogP contribution in [0.25, 0.3) is 0 Å². The number of aromatic hydroxyl groups is 1. The number of hydrogen-bond acceptors (Lipinski definition) is 10. The third kappa shape index (κ3) is 4.65. The minimum Gasteiger partial charge on any atom is -0.504 e. The number of aliphatic hydroxyl groups excluding tert-OH is 5. The van der Waals surface area contributed by atoms with Crippen molar-refractivity contribution in [3.8, 4) is 23.0 Å². The van der Waals surface area contributed by atoms with Crippen molar-refractivity contribution in [1.82, 2.24) is 0 Å². The highest BCUT2D eigenvalue weighted by Crippen LogP contribution is 2.51. The first-order chi connectivity index (χ1) is 16.4. The standard InChI is InChI=1S/C24H30O10/c1-31-19-9-13(4-5-18(19)33-24-21(30)20(29)17(28)11-32-24)22-15(10-26)14-7-12(3-2-6-25)8-16(27)23(14)34-22/h4-5,7-9,15,17,20-22,24-30H,2-3,6,10-11H2,1H3. The highest BCUT2D eigenvalue weighted by molar-refractivity contribution is 5.55. The van der Waals surface area contributed by atoms with Crippen LogP contribution in [-0.4, -0.2) is 82.2 Å². The Hall–Kier alpha value is -2.60. The Bertz CT molecular complexity index is 996. The first-order valence-corrected chi connectivity index (χ1v) is 11.1. The number of phenols is 1. The molecule has 6 N–H and O–H groups in total. The number of fused-ring (bicyclic) bond motifs is 1. The Morgan fingerprint density at radius 2 is 1.82 bits per heavy atom. The van der Waals surface area contributed by atoms with Gasteiger partial charge in [0, 0.05) is 12.2 Å². The molecule has 0 bridgehead atoms. The molecule has 6 unspecified atom stereocenters. The van der Waals surface area contributed by atoms with Gasteiger partial charge in [-0.05, 0) is 42.2 Å². The molecule has 0 amide bonds. The summed E-state index contributed by atoms with van der Waals surface area (Å²) in [4.78, 5) is 0. The average Bonchev–Trinajstić information content (AvgIpc) is 3.22. The molecule has 10 heteroatoms. The normalized spacial score (nSPS) is 28.3. The molecule has 6 atom stereocenters. The molecule has 34 heavy (non-hydrogen) atoms. The van der Waals surface area contributed by atoms with Gasteiger partial charge in [-0.15, -0.1) is 0 Å². The van der Waals surface area contributed by atoms with Gasteiger partial charge in [-0.2, -0.15) is 0 Å². The molecular weight excluding hydrogens is 448 g/mol. The molecule has 0 radical (unpaired) electrons. The zero-order valence-electron chi connectivity index (χ0n) is 18.7. The summed E-state index contributed by atoms with van der Waals surface area (Å²) < 4.78 is 22.5. The second-order valence-corrected chi connectivity index (χ2v) is 8.47. The van der Waals surface area contributed by atoms with E-state index in [0.29, 0.717) is 35.5 Å². The van der Waals surface area contributed by atoms with E-state index in [-0.39, 0.29) is 31.3 Å². The molecule has 2 aliphatic heterocycles. The molecule has 0 aliphatic carbocycles. The lowest BCUT2D eigenvalue weighted by molar-refractivity contribution is -0.242. The lowest BCUT2D eigenvalue weighted by atomic mass is 9.90. The van der Waals surface area contributed by atoms with E-state index >= 15 is 0 Å². The number of rotatable bonds is 8. The minimum atomic E-state index is -1.46. The fourth-order valence-electron chi connectivity index (χ4n) is 4.36. The predicted octanol–water partition coefficient (Wildman–Crippen LogP) is 0.353. The largest absolute Gasteiger partial charge is 0.504 e. The minimum absolute atomic E-state index is 0.0255. The van der Waals surface area contributed by atoms with Crippen LogP contribution in [0.2, 0.25) is 0 Å². The number of phenolic OH excluding ortho intramolecular Hbond substituents is 1. The van der Waals surface area contributed by atoms with E-state index < -0.39 is 36.6 Å². The Labute approximate surface area is 196 Å². The second-order valence-electron chi connectivity index (χ2n) is 8.47. The maximum absolute atomic E-state index is 10.5. The highest BCUT2D eigenvalue weighted by atomic mass is 16.7.